The van der Waals surface area contributed by atoms with Crippen LogP contribution in [-0.4, -0.2) is 47.2 Å². The van der Waals surface area contributed by atoms with Crippen LogP contribution in [0.25, 0.3) is 0 Å². The summed E-state index contributed by atoms with van der Waals surface area (Å²) < 4.78 is 5.63. The average Bonchev–Trinajstić information content (AvgIpc) is 3.16. The van der Waals surface area contributed by atoms with Gasteiger partial charge in [0.1, 0.15) is 0 Å². The largest absolute Gasteiger partial charge is 0.408 e. The highest BCUT2D eigenvalue weighted by Crippen LogP contribution is 2.29. The van der Waals surface area contributed by atoms with Crippen molar-refractivity contribution < 1.29 is 9.21 Å². The lowest BCUT2D eigenvalue weighted by Gasteiger charge is -2.34. The standard InChI is InChI=1S/C21H30N4O2/c1-5-19-22-23-21(27-19)25-12-10-24(11-13-25)20(26)14-18(15(2)3)17-8-6-16(4)7-9-17/h6-9,15,18H,5,10-14H2,1-4H3. The molecule has 1 atom stereocenters. The van der Waals surface area contributed by atoms with Gasteiger partial charge in [0.25, 0.3) is 0 Å². The highest BCUT2D eigenvalue weighted by molar-refractivity contribution is 5.77. The molecule has 2 aromatic rings. The zero-order chi connectivity index (χ0) is 19.4. The summed E-state index contributed by atoms with van der Waals surface area (Å²) in [6, 6.07) is 9.14. The van der Waals surface area contributed by atoms with E-state index in [1.165, 1.54) is 11.1 Å². The molecule has 0 aliphatic carbocycles. The lowest BCUT2D eigenvalue weighted by atomic mass is 9.85. The van der Waals surface area contributed by atoms with E-state index >= 15 is 0 Å². The van der Waals surface area contributed by atoms with E-state index in [1.54, 1.807) is 0 Å². The Labute approximate surface area is 161 Å². The third-order valence-electron chi connectivity index (χ3n) is 5.37. The number of aryl methyl sites for hydroxylation is 2. The smallest absolute Gasteiger partial charge is 0.318 e. The normalized spacial score (nSPS) is 16.0. The van der Waals surface area contributed by atoms with E-state index in [4.69, 9.17) is 4.42 Å². The van der Waals surface area contributed by atoms with Crippen LogP contribution in [0.2, 0.25) is 0 Å². The Morgan fingerprint density at radius 2 is 1.78 bits per heavy atom. The van der Waals surface area contributed by atoms with Crippen molar-refractivity contribution in [1.82, 2.24) is 15.1 Å². The van der Waals surface area contributed by atoms with Crippen molar-refractivity contribution >= 4 is 11.9 Å². The molecule has 1 fully saturated rings. The van der Waals surface area contributed by atoms with Crippen LogP contribution in [0.5, 0.6) is 0 Å². The van der Waals surface area contributed by atoms with Gasteiger partial charge in [-0.1, -0.05) is 55.7 Å². The van der Waals surface area contributed by atoms with Gasteiger partial charge in [-0.2, -0.15) is 0 Å². The zero-order valence-electron chi connectivity index (χ0n) is 16.8. The monoisotopic (exact) mass is 370 g/mol. The summed E-state index contributed by atoms with van der Waals surface area (Å²) in [4.78, 5) is 16.9. The first-order chi connectivity index (χ1) is 13.0. The van der Waals surface area contributed by atoms with Crippen LogP contribution in [0, 0.1) is 12.8 Å². The van der Waals surface area contributed by atoms with E-state index in [9.17, 15) is 4.79 Å². The van der Waals surface area contributed by atoms with Gasteiger partial charge in [0.05, 0.1) is 0 Å². The number of piperazine rings is 1. The fourth-order valence-electron chi connectivity index (χ4n) is 3.53. The molecule has 0 radical (unpaired) electrons. The minimum Gasteiger partial charge on any atom is -0.408 e. The molecule has 1 amide bonds. The van der Waals surface area contributed by atoms with Crippen LogP contribution in [0.1, 0.15) is 50.1 Å². The molecule has 1 aliphatic heterocycles. The first kappa shape index (κ1) is 19.4. The average molecular weight is 370 g/mol. The second-order valence-corrected chi connectivity index (χ2v) is 7.67. The van der Waals surface area contributed by atoms with Crippen molar-refractivity contribution in [2.75, 3.05) is 31.1 Å². The predicted octanol–water partition coefficient (Wildman–Crippen LogP) is 3.42. The maximum atomic E-state index is 12.9. The van der Waals surface area contributed by atoms with Gasteiger partial charge in [-0.15, -0.1) is 5.10 Å². The number of benzene rings is 1. The molecule has 0 saturated carbocycles. The Morgan fingerprint density at radius 3 is 2.33 bits per heavy atom. The Bertz CT molecular complexity index is 746. The Morgan fingerprint density at radius 1 is 1.11 bits per heavy atom. The number of rotatable bonds is 6. The van der Waals surface area contributed by atoms with Crippen molar-refractivity contribution in [3.05, 3.63) is 41.3 Å². The van der Waals surface area contributed by atoms with Gasteiger partial charge in [-0.05, 0) is 24.3 Å². The van der Waals surface area contributed by atoms with Crippen molar-refractivity contribution in [2.24, 2.45) is 5.92 Å². The van der Waals surface area contributed by atoms with E-state index in [0.717, 1.165) is 19.5 Å². The van der Waals surface area contributed by atoms with Crippen molar-refractivity contribution in [2.45, 2.75) is 46.5 Å². The van der Waals surface area contributed by atoms with Gasteiger partial charge in [0.15, 0.2) is 0 Å². The van der Waals surface area contributed by atoms with Gasteiger partial charge in [-0.3, -0.25) is 4.79 Å². The minimum absolute atomic E-state index is 0.230. The molecular weight excluding hydrogens is 340 g/mol. The number of hydrogen-bond acceptors (Lipinski definition) is 5. The molecule has 27 heavy (non-hydrogen) atoms. The van der Waals surface area contributed by atoms with E-state index in [1.807, 2.05) is 11.8 Å². The van der Waals surface area contributed by atoms with E-state index < -0.39 is 0 Å². The number of hydrogen-bond donors (Lipinski definition) is 0. The topological polar surface area (TPSA) is 62.5 Å². The first-order valence-electron chi connectivity index (χ1n) is 9.89. The molecule has 0 spiro atoms. The summed E-state index contributed by atoms with van der Waals surface area (Å²) in [5.74, 6) is 1.55. The highest BCUT2D eigenvalue weighted by atomic mass is 16.4. The summed E-state index contributed by atoms with van der Waals surface area (Å²) in [6.45, 7) is 11.3. The van der Waals surface area contributed by atoms with Gasteiger partial charge in [0, 0.05) is 39.0 Å². The molecule has 0 bridgehead atoms. The molecule has 1 unspecified atom stereocenters. The van der Waals surface area contributed by atoms with Gasteiger partial charge >= 0.3 is 6.01 Å². The molecule has 6 nitrogen and oxygen atoms in total. The summed E-state index contributed by atoms with van der Waals surface area (Å²) in [5, 5.41) is 8.13. The van der Waals surface area contributed by atoms with Crippen LogP contribution in [0.4, 0.5) is 6.01 Å². The number of nitrogens with zero attached hydrogens (tertiary/aromatic N) is 4. The number of amides is 1. The molecule has 1 aliphatic rings. The molecule has 6 heteroatoms. The SMILES string of the molecule is CCc1nnc(N2CCN(C(=O)CC(c3ccc(C)cc3)C(C)C)CC2)o1. The van der Waals surface area contributed by atoms with E-state index in [-0.39, 0.29) is 11.8 Å². The van der Waals surface area contributed by atoms with Crippen LogP contribution in [0.15, 0.2) is 28.7 Å². The Balaban J connectivity index is 1.58. The third-order valence-corrected chi connectivity index (χ3v) is 5.37. The molecule has 1 aromatic heterocycles. The van der Waals surface area contributed by atoms with Crippen LogP contribution >= 0.6 is 0 Å². The van der Waals surface area contributed by atoms with Crippen LogP contribution in [-0.2, 0) is 11.2 Å². The number of carbonyl (C=O) groups is 1. The maximum Gasteiger partial charge on any atom is 0.318 e. The van der Waals surface area contributed by atoms with Crippen LogP contribution in [0.3, 0.4) is 0 Å². The third kappa shape index (κ3) is 4.67. The molecule has 0 N–H and O–H groups in total. The van der Waals surface area contributed by atoms with Crippen molar-refractivity contribution in [3.63, 3.8) is 0 Å². The zero-order valence-corrected chi connectivity index (χ0v) is 16.8. The van der Waals surface area contributed by atoms with Gasteiger partial charge in [-0.25, -0.2) is 0 Å². The molecule has 1 aromatic carbocycles. The Kier molecular flexibility index (Phi) is 6.14. The number of aromatic nitrogens is 2. The second-order valence-electron chi connectivity index (χ2n) is 7.67. The molecular formula is C21H30N4O2. The van der Waals surface area contributed by atoms with Crippen LogP contribution < -0.4 is 4.90 Å². The summed E-state index contributed by atoms with van der Waals surface area (Å²) >= 11 is 0. The van der Waals surface area contributed by atoms with E-state index in [0.29, 0.717) is 37.3 Å². The molecule has 146 valence electrons. The van der Waals surface area contributed by atoms with Gasteiger partial charge in [0.2, 0.25) is 11.8 Å². The minimum atomic E-state index is 0.230. The summed E-state index contributed by atoms with van der Waals surface area (Å²) in [6.07, 6.45) is 1.29. The summed E-state index contributed by atoms with van der Waals surface area (Å²) in [7, 11) is 0. The molecule has 3 rings (SSSR count). The first-order valence-corrected chi connectivity index (χ1v) is 9.89. The highest BCUT2D eigenvalue weighted by Gasteiger charge is 2.27. The molecule has 1 saturated heterocycles. The molecule has 2 heterocycles. The van der Waals surface area contributed by atoms with Crippen molar-refractivity contribution in [3.8, 4) is 0 Å². The number of carbonyl (C=O) groups excluding carboxylic acids is 1. The van der Waals surface area contributed by atoms with Gasteiger partial charge < -0.3 is 14.2 Å². The Hall–Kier alpha value is -2.37. The lowest BCUT2D eigenvalue weighted by Crippen LogP contribution is -2.49. The lowest BCUT2D eigenvalue weighted by molar-refractivity contribution is -0.132. The van der Waals surface area contributed by atoms with E-state index in [2.05, 4.69) is 60.1 Å². The maximum absolute atomic E-state index is 12.9. The quantitative estimate of drug-likeness (QED) is 0.780. The van der Waals surface area contributed by atoms with Crippen molar-refractivity contribution in [1.29, 1.82) is 0 Å². The predicted molar refractivity (Wildman–Crippen MR) is 106 cm³/mol. The summed E-state index contributed by atoms with van der Waals surface area (Å²) in [5.41, 5.74) is 2.50. The fourth-order valence-corrected chi connectivity index (χ4v) is 3.53. The second kappa shape index (κ2) is 8.55. The number of anilines is 1. The fraction of sp³-hybridized carbons (Fsp3) is 0.571.